The van der Waals surface area contributed by atoms with Gasteiger partial charge >= 0.3 is 0 Å². The highest BCUT2D eigenvalue weighted by atomic mass is 19.1. The monoisotopic (exact) mass is 294 g/mol. The third-order valence-corrected chi connectivity index (χ3v) is 3.98. The normalized spacial score (nSPS) is 14.0. The lowest BCUT2D eigenvalue weighted by molar-refractivity contribution is 0.281. The van der Waals surface area contributed by atoms with Crippen molar-refractivity contribution >= 4 is 5.69 Å². The summed E-state index contributed by atoms with van der Waals surface area (Å²) in [7, 11) is 0. The van der Waals surface area contributed by atoms with Crippen LogP contribution in [0.15, 0.2) is 24.3 Å². The molecule has 0 amide bonds. The van der Waals surface area contributed by atoms with Crippen molar-refractivity contribution in [2.45, 2.75) is 47.0 Å². The van der Waals surface area contributed by atoms with Crippen molar-refractivity contribution in [3.8, 4) is 0 Å². The highest BCUT2D eigenvalue weighted by Crippen LogP contribution is 2.28. The number of para-hydroxylation sites is 1. The van der Waals surface area contributed by atoms with E-state index in [0.29, 0.717) is 0 Å². The van der Waals surface area contributed by atoms with Gasteiger partial charge in [-0.25, -0.2) is 4.39 Å². The van der Waals surface area contributed by atoms with Gasteiger partial charge in [0, 0.05) is 19.6 Å². The summed E-state index contributed by atoms with van der Waals surface area (Å²) >= 11 is 0. The molecule has 0 fully saturated rings. The molecule has 3 heteroatoms. The number of anilines is 1. The average molecular weight is 294 g/mol. The average Bonchev–Trinajstić information content (AvgIpc) is 2.46. The fraction of sp³-hybridized carbons (Fsp3) is 0.667. The molecule has 0 aromatic heterocycles. The molecule has 1 unspecified atom stereocenters. The van der Waals surface area contributed by atoms with Gasteiger partial charge in [-0.15, -0.1) is 0 Å². The van der Waals surface area contributed by atoms with Crippen LogP contribution >= 0.6 is 0 Å². The zero-order valence-corrected chi connectivity index (χ0v) is 14.1. The van der Waals surface area contributed by atoms with Gasteiger partial charge in [-0.1, -0.05) is 39.3 Å². The summed E-state index contributed by atoms with van der Waals surface area (Å²) in [5, 5.41) is 3.54. The SMILES string of the molecule is CCCNCC(C)(CCC)CN(CC)c1ccccc1F. The van der Waals surface area contributed by atoms with E-state index in [9.17, 15) is 4.39 Å². The third kappa shape index (κ3) is 5.66. The van der Waals surface area contributed by atoms with Gasteiger partial charge in [-0.3, -0.25) is 0 Å². The van der Waals surface area contributed by atoms with Gasteiger partial charge in [0.2, 0.25) is 0 Å². The van der Waals surface area contributed by atoms with Crippen molar-refractivity contribution in [3.05, 3.63) is 30.1 Å². The van der Waals surface area contributed by atoms with Crippen LogP contribution in [-0.4, -0.2) is 26.2 Å². The van der Waals surface area contributed by atoms with Gasteiger partial charge in [0.25, 0.3) is 0 Å². The van der Waals surface area contributed by atoms with E-state index in [0.717, 1.165) is 51.1 Å². The van der Waals surface area contributed by atoms with E-state index >= 15 is 0 Å². The lowest BCUT2D eigenvalue weighted by Crippen LogP contribution is -2.43. The fourth-order valence-corrected chi connectivity index (χ4v) is 2.93. The van der Waals surface area contributed by atoms with Gasteiger partial charge in [-0.05, 0) is 43.9 Å². The number of hydrogen-bond donors (Lipinski definition) is 1. The van der Waals surface area contributed by atoms with Gasteiger partial charge in [0.15, 0.2) is 0 Å². The molecule has 0 aliphatic rings. The van der Waals surface area contributed by atoms with Crippen molar-refractivity contribution in [2.75, 3.05) is 31.1 Å². The smallest absolute Gasteiger partial charge is 0.146 e. The second-order valence-corrected chi connectivity index (χ2v) is 6.20. The maximum atomic E-state index is 14.0. The maximum Gasteiger partial charge on any atom is 0.146 e. The van der Waals surface area contributed by atoms with Crippen LogP contribution in [0.3, 0.4) is 0 Å². The quantitative estimate of drug-likeness (QED) is 0.641. The molecule has 0 bridgehead atoms. The molecule has 0 aliphatic heterocycles. The van der Waals surface area contributed by atoms with Crippen molar-refractivity contribution in [1.29, 1.82) is 0 Å². The van der Waals surface area contributed by atoms with E-state index in [1.807, 2.05) is 12.1 Å². The molecule has 21 heavy (non-hydrogen) atoms. The Bertz CT molecular complexity index is 408. The Morgan fingerprint density at radius 1 is 1.14 bits per heavy atom. The van der Waals surface area contributed by atoms with Crippen LogP contribution in [0.5, 0.6) is 0 Å². The summed E-state index contributed by atoms with van der Waals surface area (Å²) in [6.45, 7) is 12.5. The van der Waals surface area contributed by atoms with E-state index in [-0.39, 0.29) is 11.2 Å². The molecule has 120 valence electrons. The van der Waals surface area contributed by atoms with Crippen LogP contribution in [0.2, 0.25) is 0 Å². The summed E-state index contributed by atoms with van der Waals surface area (Å²) in [5.74, 6) is -0.125. The standard InChI is InChI=1S/C18H31FN2/c1-5-12-18(4,14-20-13-6-2)15-21(7-3)17-11-9-8-10-16(17)19/h8-11,20H,5-7,12-15H2,1-4H3. The minimum atomic E-state index is -0.125. The van der Waals surface area contributed by atoms with Crippen molar-refractivity contribution in [2.24, 2.45) is 5.41 Å². The molecule has 0 saturated heterocycles. The molecule has 0 heterocycles. The van der Waals surface area contributed by atoms with Gasteiger partial charge in [0.1, 0.15) is 5.82 Å². The number of halogens is 1. The number of hydrogen-bond acceptors (Lipinski definition) is 2. The lowest BCUT2D eigenvalue weighted by atomic mass is 9.84. The summed E-state index contributed by atoms with van der Waals surface area (Å²) in [6.07, 6.45) is 3.45. The van der Waals surface area contributed by atoms with E-state index in [2.05, 4.69) is 37.9 Å². The zero-order valence-electron chi connectivity index (χ0n) is 14.1. The van der Waals surface area contributed by atoms with E-state index < -0.39 is 0 Å². The second kappa shape index (κ2) is 9.04. The molecule has 0 saturated carbocycles. The summed E-state index contributed by atoms with van der Waals surface area (Å²) < 4.78 is 14.0. The van der Waals surface area contributed by atoms with Crippen molar-refractivity contribution in [3.63, 3.8) is 0 Å². The van der Waals surface area contributed by atoms with Gasteiger partial charge in [-0.2, -0.15) is 0 Å². The predicted octanol–water partition coefficient (Wildman–Crippen LogP) is 4.46. The highest BCUT2D eigenvalue weighted by Gasteiger charge is 2.26. The van der Waals surface area contributed by atoms with Crippen LogP contribution in [0.1, 0.15) is 47.0 Å². The maximum absolute atomic E-state index is 14.0. The third-order valence-electron chi connectivity index (χ3n) is 3.98. The molecule has 1 N–H and O–H groups in total. The molecule has 0 aliphatic carbocycles. The first-order valence-corrected chi connectivity index (χ1v) is 8.26. The largest absolute Gasteiger partial charge is 0.369 e. The zero-order chi connectivity index (χ0) is 15.7. The number of benzene rings is 1. The molecule has 1 aromatic rings. The molecule has 1 rings (SSSR count). The molecule has 0 radical (unpaired) electrons. The van der Waals surface area contributed by atoms with Crippen LogP contribution in [0, 0.1) is 11.2 Å². The topological polar surface area (TPSA) is 15.3 Å². The van der Waals surface area contributed by atoms with Crippen LogP contribution in [0.25, 0.3) is 0 Å². The second-order valence-electron chi connectivity index (χ2n) is 6.20. The summed E-state index contributed by atoms with van der Waals surface area (Å²) in [6, 6.07) is 7.09. The molecule has 0 spiro atoms. The molecular weight excluding hydrogens is 263 g/mol. The predicted molar refractivity (Wildman–Crippen MR) is 90.5 cm³/mol. The Hall–Kier alpha value is -1.09. The Kier molecular flexibility index (Phi) is 7.73. The molecular formula is C18H31FN2. The first-order valence-electron chi connectivity index (χ1n) is 8.26. The minimum Gasteiger partial charge on any atom is -0.369 e. The van der Waals surface area contributed by atoms with Crippen molar-refractivity contribution < 1.29 is 4.39 Å². The van der Waals surface area contributed by atoms with E-state index in [1.54, 1.807) is 12.1 Å². The van der Waals surface area contributed by atoms with Crippen molar-refractivity contribution in [1.82, 2.24) is 5.32 Å². The van der Waals surface area contributed by atoms with Crippen LogP contribution < -0.4 is 10.2 Å². The Balaban J connectivity index is 2.81. The molecule has 2 nitrogen and oxygen atoms in total. The minimum absolute atomic E-state index is 0.125. The van der Waals surface area contributed by atoms with Gasteiger partial charge < -0.3 is 10.2 Å². The lowest BCUT2D eigenvalue weighted by Gasteiger charge is -2.36. The molecule has 1 atom stereocenters. The van der Waals surface area contributed by atoms with E-state index in [4.69, 9.17) is 0 Å². The number of nitrogens with zero attached hydrogens (tertiary/aromatic N) is 1. The number of nitrogens with one attached hydrogen (secondary N) is 1. The van der Waals surface area contributed by atoms with E-state index in [1.165, 1.54) is 0 Å². The van der Waals surface area contributed by atoms with Crippen LogP contribution in [0.4, 0.5) is 10.1 Å². The Morgan fingerprint density at radius 3 is 2.43 bits per heavy atom. The first kappa shape index (κ1) is 18.0. The number of rotatable bonds is 10. The summed E-state index contributed by atoms with van der Waals surface area (Å²) in [5.41, 5.74) is 0.889. The van der Waals surface area contributed by atoms with Crippen LogP contribution in [-0.2, 0) is 0 Å². The fourth-order valence-electron chi connectivity index (χ4n) is 2.93. The Labute approximate surface area is 129 Å². The highest BCUT2D eigenvalue weighted by molar-refractivity contribution is 5.47. The molecule has 1 aromatic carbocycles. The van der Waals surface area contributed by atoms with Gasteiger partial charge in [0.05, 0.1) is 5.69 Å². The Morgan fingerprint density at radius 2 is 1.86 bits per heavy atom. The first-order chi connectivity index (χ1) is 10.1. The summed E-state index contributed by atoms with van der Waals surface area (Å²) in [4.78, 5) is 2.17.